The van der Waals surface area contributed by atoms with Gasteiger partial charge in [-0.3, -0.25) is 4.79 Å². The highest BCUT2D eigenvalue weighted by Crippen LogP contribution is 2.20. The second-order valence-electron chi connectivity index (χ2n) is 6.71. The quantitative estimate of drug-likeness (QED) is 0.632. The molecule has 0 radical (unpaired) electrons. The van der Waals surface area contributed by atoms with Crippen LogP contribution in [-0.4, -0.2) is 38.7 Å². The zero-order valence-electron chi connectivity index (χ0n) is 16.9. The van der Waals surface area contributed by atoms with Crippen LogP contribution < -0.4 is 5.32 Å². The van der Waals surface area contributed by atoms with E-state index in [2.05, 4.69) is 5.32 Å². The van der Waals surface area contributed by atoms with Gasteiger partial charge >= 0.3 is 5.97 Å². The van der Waals surface area contributed by atoms with Crippen molar-refractivity contribution in [1.82, 2.24) is 5.32 Å². The summed E-state index contributed by atoms with van der Waals surface area (Å²) in [6, 6.07) is 15.7. The molecule has 2 aromatic carbocycles. The molecular weight excluding hydrogens is 390 g/mol. The van der Waals surface area contributed by atoms with Crippen molar-refractivity contribution < 1.29 is 22.7 Å². The highest BCUT2D eigenvalue weighted by molar-refractivity contribution is 7.91. The highest BCUT2D eigenvalue weighted by Gasteiger charge is 2.25. The molecule has 0 saturated heterocycles. The van der Waals surface area contributed by atoms with Crippen LogP contribution in [0, 0.1) is 0 Å². The predicted molar refractivity (Wildman–Crippen MR) is 112 cm³/mol. The first-order valence-electron chi connectivity index (χ1n) is 9.65. The largest absolute Gasteiger partial charge is 0.449 e. The number of rotatable bonds is 9. The third-order valence-electron chi connectivity index (χ3n) is 4.76. The fourth-order valence-electron chi connectivity index (χ4n) is 2.93. The molecule has 0 fully saturated rings. The molecule has 0 unspecified atom stereocenters. The van der Waals surface area contributed by atoms with Crippen LogP contribution in [0.2, 0.25) is 0 Å². The summed E-state index contributed by atoms with van der Waals surface area (Å²) in [7, 11) is -3.59. The van der Waals surface area contributed by atoms with Gasteiger partial charge in [0, 0.05) is 12.5 Å². The Labute approximate surface area is 172 Å². The predicted octanol–water partition coefficient (Wildman–Crippen LogP) is 3.34. The van der Waals surface area contributed by atoms with E-state index in [1.54, 1.807) is 12.1 Å². The summed E-state index contributed by atoms with van der Waals surface area (Å²) in [5.41, 5.74) is 1.06. The summed E-state index contributed by atoms with van der Waals surface area (Å²) in [6.07, 6.45) is -0.200. The normalized spacial score (nSPS) is 13.3. The van der Waals surface area contributed by atoms with Crippen LogP contribution in [-0.2, 0) is 19.4 Å². The van der Waals surface area contributed by atoms with Crippen molar-refractivity contribution >= 4 is 21.7 Å². The van der Waals surface area contributed by atoms with Crippen molar-refractivity contribution in [2.24, 2.45) is 0 Å². The Morgan fingerprint density at radius 2 is 1.62 bits per heavy atom. The van der Waals surface area contributed by atoms with Gasteiger partial charge in [-0.25, -0.2) is 13.2 Å². The molecule has 1 amide bonds. The summed E-state index contributed by atoms with van der Waals surface area (Å²) in [5.74, 6) is -1.25. The molecule has 0 bridgehead atoms. The van der Waals surface area contributed by atoms with Gasteiger partial charge in [0.15, 0.2) is 15.9 Å². The Balaban J connectivity index is 2.02. The number of carbonyl (C=O) groups is 2. The molecule has 0 aliphatic heterocycles. The molecule has 0 aliphatic rings. The number of hydrogen-bond acceptors (Lipinski definition) is 5. The van der Waals surface area contributed by atoms with E-state index in [4.69, 9.17) is 4.74 Å². The van der Waals surface area contributed by atoms with E-state index in [1.807, 2.05) is 37.3 Å². The molecule has 0 spiro atoms. The maximum atomic E-state index is 12.5. The van der Waals surface area contributed by atoms with Crippen molar-refractivity contribution in [3.05, 3.63) is 65.7 Å². The molecular formula is C22H27NO5S. The number of hydrogen-bond donors (Lipinski definition) is 1. The number of carbonyl (C=O) groups excluding carboxylic acids is 2. The maximum absolute atomic E-state index is 12.5. The lowest BCUT2D eigenvalue weighted by molar-refractivity contribution is -0.129. The molecule has 29 heavy (non-hydrogen) atoms. The molecule has 2 atom stereocenters. The van der Waals surface area contributed by atoms with E-state index in [-0.39, 0.29) is 22.1 Å². The smallest absolute Gasteiger partial charge is 0.340 e. The molecule has 0 aromatic heterocycles. The summed E-state index contributed by atoms with van der Waals surface area (Å²) in [4.78, 5) is 24.8. The number of nitrogens with one attached hydrogen (secondary N) is 1. The van der Waals surface area contributed by atoms with Gasteiger partial charge in [-0.1, -0.05) is 56.3 Å². The molecule has 156 valence electrons. The van der Waals surface area contributed by atoms with Crippen molar-refractivity contribution in [3.8, 4) is 0 Å². The lowest BCUT2D eigenvalue weighted by atomic mass is 9.96. The zero-order chi connectivity index (χ0) is 21.4. The number of ether oxygens (including phenoxy) is 1. The number of sulfone groups is 1. The summed E-state index contributed by atoms with van der Waals surface area (Å²) >= 11 is 0. The minimum Gasteiger partial charge on any atom is -0.449 e. The molecule has 0 heterocycles. The van der Waals surface area contributed by atoms with E-state index in [9.17, 15) is 18.0 Å². The molecule has 0 aliphatic carbocycles. The summed E-state index contributed by atoms with van der Waals surface area (Å²) in [6.45, 7) is 5.43. The Morgan fingerprint density at radius 3 is 2.24 bits per heavy atom. The minimum atomic E-state index is -3.59. The first-order valence-corrected chi connectivity index (χ1v) is 11.3. The summed E-state index contributed by atoms with van der Waals surface area (Å²) < 4.78 is 29.6. The highest BCUT2D eigenvalue weighted by atomic mass is 32.2. The van der Waals surface area contributed by atoms with E-state index >= 15 is 0 Å². The number of esters is 1. The molecule has 6 nitrogen and oxygen atoms in total. The van der Waals surface area contributed by atoms with Crippen LogP contribution >= 0.6 is 0 Å². The van der Waals surface area contributed by atoms with Crippen LogP contribution in [0.25, 0.3) is 0 Å². The lowest BCUT2D eigenvalue weighted by Gasteiger charge is -2.19. The van der Waals surface area contributed by atoms with Gasteiger partial charge in [-0.2, -0.15) is 0 Å². The van der Waals surface area contributed by atoms with Gasteiger partial charge in [-0.15, -0.1) is 0 Å². The lowest BCUT2D eigenvalue weighted by Crippen LogP contribution is -2.38. The van der Waals surface area contributed by atoms with Gasteiger partial charge in [0.2, 0.25) is 0 Å². The van der Waals surface area contributed by atoms with E-state index in [1.165, 1.54) is 26.0 Å². The van der Waals surface area contributed by atoms with E-state index < -0.39 is 27.8 Å². The second kappa shape index (κ2) is 10.2. The van der Waals surface area contributed by atoms with Gasteiger partial charge in [-0.05, 0) is 31.0 Å². The first kappa shape index (κ1) is 22.6. The SMILES string of the molecule is CC[C@H](CNC(=O)[C@@H](C)OC(=O)c1ccccc1S(=O)(=O)CC)c1ccccc1. The number of benzene rings is 2. The topological polar surface area (TPSA) is 89.5 Å². The van der Waals surface area contributed by atoms with Crippen LogP contribution in [0.5, 0.6) is 0 Å². The third-order valence-corrected chi connectivity index (χ3v) is 6.55. The fraction of sp³-hybridized carbons (Fsp3) is 0.364. The van der Waals surface area contributed by atoms with Gasteiger partial charge < -0.3 is 10.1 Å². The molecule has 7 heteroatoms. The van der Waals surface area contributed by atoms with Crippen molar-refractivity contribution in [2.75, 3.05) is 12.3 Å². The van der Waals surface area contributed by atoms with Crippen LogP contribution in [0.3, 0.4) is 0 Å². The van der Waals surface area contributed by atoms with Crippen LogP contribution in [0.1, 0.15) is 49.0 Å². The molecule has 1 N–H and O–H groups in total. The fourth-order valence-corrected chi connectivity index (χ4v) is 4.01. The van der Waals surface area contributed by atoms with Crippen molar-refractivity contribution in [3.63, 3.8) is 0 Å². The Kier molecular flexibility index (Phi) is 7.96. The van der Waals surface area contributed by atoms with Gasteiger partial charge in [0.25, 0.3) is 5.91 Å². The molecule has 2 aromatic rings. The van der Waals surface area contributed by atoms with Crippen molar-refractivity contribution in [2.45, 2.75) is 44.1 Å². The average Bonchev–Trinajstić information content (AvgIpc) is 2.74. The molecule has 0 saturated carbocycles. The van der Waals surface area contributed by atoms with Gasteiger partial charge in [0.05, 0.1) is 16.2 Å². The van der Waals surface area contributed by atoms with Crippen molar-refractivity contribution in [1.29, 1.82) is 0 Å². The minimum absolute atomic E-state index is 0.0651. The monoisotopic (exact) mass is 417 g/mol. The number of amides is 1. The van der Waals surface area contributed by atoms with E-state index in [0.717, 1.165) is 12.0 Å². The second-order valence-corrected chi connectivity index (χ2v) is 8.95. The zero-order valence-corrected chi connectivity index (χ0v) is 17.7. The Bertz CT molecular complexity index is 941. The Morgan fingerprint density at radius 1 is 1.00 bits per heavy atom. The average molecular weight is 418 g/mol. The Hall–Kier alpha value is -2.67. The first-order chi connectivity index (χ1) is 13.8. The van der Waals surface area contributed by atoms with Gasteiger partial charge in [0.1, 0.15) is 0 Å². The van der Waals surface area contributed by atoms with Crippen LogP contribution in [0.15, 0.2) is 59.5 Å². The maximum Gasteiger partial charge on any atom is 0.340 e. The third kappa shape index (κ3) is 5.90. The molecule has 2 rings (SSSR count). The van der Waals surface area contributed by atoms with E-state index in [0.29, 0.717) is 6.54 Å². The summed E-state index contributed by atoms with van der Waals surface area (Å²) in [5, 5.41) is 2.81. The van der Waals surface area contributed by atoms with Crippen LogP contribution in [0.4, 0.5) is 0 Å². The standard InChI is InChI=1S/C22H27NO5S/c1-4-17(18-11-7-6-8-12-18)15-23-21(24)16(3)28-22(25)19-13-9-10-14-20(19)29(26,27)5-2/h6-14,16-17H,4-5,15H2,1-3H3,(H,23,24)/t16-,17-/m1/s1.